The molecule has 1 unspecified atom stereocenters. The minimum absolute atomic E-state index is 0.0127. The molecule has 0 aliphatic carbocycles. The summed E-state index contributed by atoms with van der Waals surface area (Å²) in [6.07, 6.45) is 0. The molecule has 0 N–H and O–H groups in total. The van der Waals surface area contributed by atoms with Crippen molar-refractivity contribution in [1.82, 2.24) is 19.8 Å². The number of fused-ring (bicyclic) bond motifs is 3. The molecule has 0 spiro atoms. The van der Waals surface area contributed by atoms with Crippen LogP contribution in [0.15, 0.2) is 0 Å². The summed E-state index contributed by atoms with van der Waals surface area (Å²) in [7, 11) is 0. The van der Waals surface area contributed by atoms with Crippen molar-refractivity contribution in [2.24, 2.45) is 0 Å². The van der Waals surface area contributed by atoms with Crippen LogP contribution in [0, 0.1) is 3.57 Å². The Hall–Kier alpha value is 0.0200. The fourth-order valence-electron chi connectivity index (χ4n) is 2.94. The molecule has 6 heteroatoms. The van der Waals surface area contributed by atoms with Crippen molar-refractivity contribution in [3.63, 3.8) is 0 Å². The molecule has 2 bridgehead atoms. The van der Waals surface area contributed by atoms with Crippen LogP contribution < -0.4 is 0 Å². The summed E-state index contributed by atoms with van der Waals surface area (Å²) in [5.41, 5.74) is 1.05. The van der Waals surface area contributed by atoms with E-state index in [4.69, 9.17) is 16.6 Å². The van der Waals surface area contributed by atoms with Crippen LogP contribution >= 0.6 is 34.2 Å². The lowest BCUT2D eigenvalue weighted by Gasteiger charge is -2.46. The lowest BCUT2D eigenvalue weighted by molar-refractivity contribution is 0.00847. The Morgan fingerprint density at radius 3 is 2.30 bits per heavy atom. The van der Waals surface area contributed by atoms with E-state index in [1.807, 2.05) is 0 Å². The Morgan fingerprint density at radius 2 is 1.80 bits per heavy atom. The molecule has 0 amide bonds. The van der Waals surface area contributed by atoms with E-state index >= 15 is 0 Å². The van der Waals surface area contributed by atoms with Gasteiger partial charge in [-0.3, -0.25) is 9.80 Å². The standard InChI is InChI=1S/C14H20ClIN4/c1-14(2,3)11-10(16)12(15)18-13(17-11)9-8-19-4-6-20(9)7-5-19/h9H,4-8H2,1-3H3. The Balaban J connectivity index is 2.00. The number of hydrogen-bond acceptors (Lipinski definition) is 4. The first-order valence-electron chi connectivity index (χ1n) is 7.06. The van der Waals surface area contributed by atoms with Crippen LogP contribution in [0.5, 0.6) is 0 Å². The maximum Gasteiger partial charge on any atom is 0.148 e. The highest BCUT2D eigenvalue weighted by Gasteiger charge is 2.35. The Kier molecular flexibility index (Phi) is 3.99. The number of aromatic nitrogens is 2. The molecule has 1 aromatic rings. The molecule has 3 saturated heterocycles. The Morgan fingerprint density at radius 1 is 1.15 bits per heavy atom. The van der Waals surface area contributed by atoms with Gasteiger partial charge in [0.05, 0.1) is 15.3 Å². The number of nitrogens with zero attached hydrogens (tertiary/aromatic N) is 4. The third kappa shape index (κ3) is 2.69. The molecule has 20 heavy (non-hydrogen) atoms. The highest BCUT2D eigenvalue weighted by molar-refractivity contribution is 14.1. The zero-order chi connectivity index (χ0) is 14.5. The van der Waals surface area contributed by atoms with Crippen LogP contribution in [-0.4, -0.2) is 52.5 Å². The van der Waals surface area contributed by atoms with Crippen LogP contribution in [0.3, 0.4) is 0 Å². The van der Waals surface area contributed by atoms with Gasteiger partial charge in [-0.05, 0) is 22.6 Å². The largest absolute Gasteiger partial charge is 0.299 e. The summed E-state index contributed by atoms with van der Waals surface area (Å²) in [6, 6.07) is 0.299. The van der Waals surface area contributed by atoms with Gasteiger partial charge in [0, 0.05) is 38.1 Å². The molecule has 4 rings (SSSR count). The molecule has 3 aliphatic heterocycles. The van der Waals surface area contributed by atoms with Crippen LogP contribution in [-0.2, 0) is 5.41 Å². The highest BCUT2D eigenvalue weighted by Crippen LogP contribution is 2.33. The van der Waals surface area contributed by atoms with Crippen molar-refractivity contribution >= 4 is 34.2 Å². The first kappa shape index (κ1) is 14.9. The van der Waals surface area contributed by atoms with E-state index < -0.39 is 0 Å². The second-order valence-electron chi connectivity index (χ2n) is 6.64. The third-order valence-corrected chi connectivity index (χ3v) is 5.73. The summed E-state index contributed by atoms with van der Waals surface area (Å²) in [6.45, 7) is 12.1. The topological polar surface area (TPSA) is 32.3 Å². The smallest absolute Gasteiger partial charge is 0.148 e. The zero-order valence-electron chi connectivity index (χ0n) is 12.2. The monoisotopic (exact) mass is 406 g/mol. The summed E-state index contributed by atoms with van der Waals surface area (Å²) < 4.78 is 0.983. The maximum absolute atomic E-state index is 6.36. The predicted octanol–water partition coefficient (Wildman–Crippen LogP) is 2.70. The van der Waals surface area contributed by atoms with Crippen LogP contribution in [0.4, 0.5) is 0 Å². The fourth-order valence-corrected chi connectivity index (χ4v) is 4.17. The molecule has 0 aromatic carbocycles. The lowest BCUT2D eigenvalue weighted by Crippen LogP contribution is -2.57. The van der Waals surface area contributed by atoms with Gasteiger partial charge in [0.25, 0.3) is 0 Å². The van der Waals surface area contributed by atoms with Gasteiger partial charge >= 0.3 is 0 Å². The molecular weight excluding hydrogens is 387 g/mol. The van der Waals surface area contributed by atoms with Gasteiger partial charge < -0.3 is 0 Å². The molecule has 1 atom stereocenters. The van der Waals surface area contributed by atoms with E-state index in [0.717, 1.165) is 34.7 Å². The predicted molar refractivity (Wildman–Crippen MR) is 89.2 cm³/mol. The van der Waals surface area contributed by atoms with Gasteiger partial charge in [0.2, 0.25) is 0 Å². The van der Waals surface area contributed by atoms with Gasteiger partial charge in [-0.25, -0.2) is 9.97 Å². The van der Waals surface area contributed by atoms with E-state index in [2.05, 4.69) is 58.1 Å². The van der Waals surface area contributed by atoms with Crippen LogP contribution in [0.2, 0.25) is 5.15 Å². The molecule has 3 fully saturated rings. The van der Waals surface area contributed by atoms with E-state index in [0.29, 0.717) is 11.2 Å². The van der Waals surface area contributed by atoms with Crippen molar-refractivity contribution in [3.05, 3.63) is 20.2 Å². The van der Waals surface area contributed by atoms with Gasteiger partial charge in [-0.2, -0.15) is 0 Å². The SMILES string of the molecule is CC(C)(C)c1nc(C2CN3CCN2CC3)nc(Cl)c1I. The second kappa shape index (κ2) is 5.34. The van der Waals surface area contributed by atoms with E-state index in [-0.39, 0.29) is 5.41 Å². The van der Waals surface area contributed by atoms with Crippen molar-refractivity contribution < 1.29 is 0 Å². The van der Waals surface area contributed by atoms with Crippen LogP contribution in [0.1, 0.15) is 38.3 Å². The molecular formula is C14H20ClIN4. The molecule has 0 radical (unpaired) electrons. The first-order valence-corrected chi connectivity index (χ1v) is 8.52. The summed E-state index contributed by atoms with van der Waals surface area (Å²) in [5.74, 6) is 0.893. The molecule has 4 nitrogen and oxygen atoms in total. The van der Waals surface area contributed by atoms with Crippen molar-refractivity contribution in [3.8, 4) is 0 Å². The normalized spacial score (nSPS) is 29.8. The Labute approximate surface area is 139 Å². The first-order chi connectivity index (χ1) is 9.36. The molecule has 110 valence electrons. The van der Waals surface area contributed by atoms with Gasteiger partial charge in [-0.1, -0.05) is 32.4 Å². The minimum atomic E-state index is -0.0127. The second-order valence-corrected chi connectivity index (χ2v) is 8.07. The van der Waals surface area contributed by atoms with Crippen LogP contribution in [0.25, 0.3) is 0 Å². The third-order valence-electron chi connectivity index (χ3n) is 4.12. The Bertz CT molecular complexity index is 521. The van der Waals surface area contributed by atoms with Gasteiger partial charge in [-0.15, -0.1) is 0 Å². The minimum Gasteiger partial charge on any atom is -0.299 e. The van der Waals surface area contributed by atoms with E-state index in [1.54, 1.807) is 0 Å². The van der Waals surface area contributed by atoms with E-state index in [1.165, 1.54) is 13.1 Å². The lowest BCUT2D eigenvalue weighted by atomic mass is 9.92. The van der Waals surface area contributed by atoms with E-state index in [9.17, 15) is 0 Å². The average Bonchev–Trinajstić information content (AvgIpc) is 2.41. The van der Waals surface area contributed by atoms with Gasteiger partial charge in [0.1, 0.15) is 11.0 Å². The van der Waals surface area contributed by atoms with Crippen molar-refractivity contribution in [2.75, 3.05) is 32.7 Å². The molecule has 4 heterocycles. The summed E-state index contributed by atoms with van der Waals surface area (Å²) in [4.78, 5) is 14.4. The quantitative estimate of drug-likeness (QED) is 0.530. The summed E-state index contributed by atoms with van der Waals surface area (Å²) in [5, 5.41) is 0.596. The van der Waals surface area contributed by atoms with Gasteiger partial charge in [0.15, 0.2) is 0 Å². The van der Waals surface area contributed by atoms with Crippen molar-refractivity contribution in [2.45, 2.75) is 32.2 Å². The molecule has 3 aliphatic rings. The molecule has 1 aromatic heterocycles. The number of piperazine rings is 3. The molecule has 0 saturated carbocycles. The average molecular weight is 407 g/mol. The zero-order valence-corrected chi connectivity index (χ0v) is 15.1. The summed E-state index contributed by atoms with van der Waals surface area (Å²) >= 11 is 8.62. The highest BCUT2D eigenvalue weighted by atomic mass is 127. The number of hydrogen-bond donors (Lipinski definition) is 0. The number of halogens is 2. The fraction of sp³-hybridized carbons (Fsp3) is 0.714. The van der Waals surface area contributed by atoms with Crippen molar-refractivity contribution in [1.29, 1.82) is 0 Å². The maximum atomic E-state index is 6.36. The number of rotatable bonds is 1.